The average molecular weight is 287 g/mol. The largest absolute Gasteiger partial charge is 0.309 e. The summed E-state index contributed by atoms with van der Waals surface area (Å²) in [7, 11) is 0. The monoisotopic (exact) mass is 286 g/mol. The second-order valence-electron chi connectivity index (χ2n) is 4.23. The average Bonchev–Trinajstić information content (AvgIpc) is 2.79. The van der Waals surface area contributed by atoms with Crippen LogP contribution in [0.25, 0.3) is 5.69 Å². The number of hydrogen-bond donors (Lipinski definition) is 1. The van der Waals surface area contributed by atoms with E-state index in [2.05, 4.69) is 10.4 Å². The molecule has 1 N–H and O–H groups in total. The van der Waals surface area contributed by atoms with Crippen molar-refractivity contribution in [2.75, 3.05) is 5.32 Å². The number of rotatable bonds is 1. The van der Waals surface area contributed by atoms with Gasteiger partial charge in [0, 0.05) is 10.6 Å². The van der Waals surface area contributed by atoms with Gasteiger partial charge in [0.05, 0.1) is 12.1 Å². The Morgan fingerprint density at radius 2 is 2.00 bits per heavy atom. The van der Waals surface area contributed by atoms with Gasteiger partial charge in [0.2, 0.25) is 5.91 Å². The summed E-state index contributed by atoms with van der Waals surface area (Å²) in [4.78, 5) is 23.6. The quantitative estimate of drug-likeness (QED) is 0.854. The molecule has 0 radical (unpaired) electrons. The van der Waals surface area contributed by atoms with Gasteiger partial charge in [-0.25, -0.2) is 0 Å². The predicted molar refractivity (Wildman–Crippen MR) is 71.9 cm³/mol. The lowest BCUT2D eigenvalue weighted by Crippen LogP contribution is -2.25. The van der Waals surface area contributed by atoms with Crippen molar-refractivity contribution in [3.8, 4) is 11.8 Å². The van der Waals surface area contributed by atoms with Crippen LogP contribution in [-0.2, 0) is 11.2 Å². The smallest absolute Gasteiger partial charge is 0.289 e. The highest BCUT2D eigenvalue weighted by atomic mass is 35.5. The first kappa shape index (κ1) is 12.4. The maximum Gasteiger partial charge on any atom is 0.289 e. The molecule has 0 saturated carbocycles. The minimum Gasteiger partial charge on any atom is -0.309 e. The number of amides is 1. The zero-order valence-electron chi connectivity index (χ0n) is 10.1. The Hall–Kier alpha value is -2.65. The Bertz CT molecular complexity index is 818. The first-order valence-corrected chi connectivity index (χ1v) is 6.10. The van der Waals surface area contributed by atoms with Crippen LogP contribution in [0.2, 0.25) is 5.02 Å². The summed E-state index contributed by atoms with van der Waals surface area (Å²) >= 11 is 5.79. The molecule has 0 unspecified atom stereocenters. The Morgan fingerprint density at radius 3 is 2.65 bits per heavy atom. The molecule has 2 aromatic rings. The second-order valence-corrected chi connectivity index (χ2v) is 4.67. The van der Waals surface area contributed by atoms with Gasteiger partial charge in [0.15, 0.2) is 5.82 Å². The molecule has 0 atom stereocenters. The summed E-state index contributed by atoms with van der Waals surface area (Å²) < 4.78 is 1.08. The fourth-order valence-corrected chi connectivity index (χ4v) is 2.17. The van der Waals surface area contributed by atoms with Crippen molar-refractivity contribution in [1.29, 1.82) is 5.26 Å². The number of nitrogens with zero attached hydrogens (tertiary/aromatic N) is 3. The third kappa shape index (κ3) is 1.85. The van der Waals surface area contributed by atoms with E-state index in [-0.39, 0.29) is 23.7 Å². The van der Waals surface area contributed by atoms with Gasteiger partial charge in [0.25, 0.3) is 5.56 Å². The number of aromatic nitrogens is 2. The Morgan fingerprint density at radius 1 is 1.30 bits per heavy atom. The molecule has 0 fully saturated rings. The predicted octanol–water partition coefficient (Wildman–Crippen LogP) is 1.25. The molecule has 7 heteroatoms. The Balaban J connectivity index is 2.26. The van der Waals surface area contributed by atoms with Crippen LogP contribution in [0, 0.1) is 11.3 Å². The standard InChI is InChI=1S/C13H7ClN4O2/c14-7-1-3-8(4-2-7)18-13(20)10(6-15)9-5-11(19)16-12(9)17-18/h1-4H,5H2,(H,16,17,19). The van der Waals surface area contributed by atoms with Gasteiger partial charge in [-0.15, -0.1) is 5.10 Å². The molecule has 0 aliphatic carbocycles. The second kappa shape index (κ2) is 4.47. The van der Waals surface area contributed by atoms with E-state index in [1.807, 2.05) is 6.07 Å². The topological polar surface area (TPSA) is 87.8 Å². The highest BCUT2D eigenvalue weighted by Crippen LogP contribution is 2.22. The van der Waals surface area contributed by atoms with Crippen molar-refractivity contribution in [2.45, 2.75) is 6.42 Å². The van der Waals surface area contributed by atoms with Crippen LogP contribution in [0.4, 0.5) is 5.82 Å². The molecule has 20 heavy (non-hydrogen) atoms. The van der Waals surface area contributed by atoms with E-state index < -0.39 is 5.56 Å². The minimum absolute atomic E-state index is 0.00191. The van der Waals surface area contributed by atoms with E-state index in [0.717, 1.165) is 4.68 Å². The third-order valence-electron chi connectivity index (χ3n) is 2.97. The number of anilines is 1. The summed E-state index contributed by atoms with van der Waals surface area (Å²) in [6, 6.07) is 8.30. The summed E-state index contributed by atoms with van der Waals surface area (Å²) in [6.45, 7) is 0. The number of carbonyl (C=O) groups excluding carboxylic acids is 1. The van der Waals surface area contributed by atoms with Crippen LogP contribution in [0.1, 0.15) is 11.1 Å². The van der Waals surface area contributed by atoms with Crippen LogP contribution < -0.4 is 10.9 Å². The van der Waals surface area contributed by atoms with Crippen LogP contribution in [-0.4, -0.2) is 15.7 Å². The molecule has 2 heterocycles. The molecule has 0 saturated heterocycles. The van der Waals surface area contributed by atoms with E-state index in [0.29, 0.717) is 16.3 Å². The number of carbonyl (C=O) groups is 1. The maximum absolute atomic E-state index is 12.3. The summed E-state index contributed by atoms with van der Waals surface area (Å²) in [5, 5.41) is 16.3. The molecule has 1 amide bonds. The first-order valence-electron chi connectivity index (χ1n) is 5.72. The number of benzene rings is 1. The SMILES string of the molecule is N#Cc1c2c(nn(-c3ccc(Cl)cc3)c1=O)NC(=O)C2. The lowest BCUT2D eigenvalue weighted by molar-refractivity contribution is -0.115. The van der Waals surface area contributed by atoms with Crippen molar-refractivity contribution in [1.82, 2.24) is 9.78 Å². The fraction of sp³-hybridized carbons (Fsp3) is 0.0769. The Kier molecular flexibility index (Phi) is 2.77. The number of hydrogen-bond acceptors (Lipinski definition) is 4. The molecule has 1 aliphatic heterocycles. The fourth-order valence-electron chi connectivity index (χ4n) is 2.04. The number of halogens is 1. The molecule has 0 spiro atoms. The van der Waals surface area contributed by atoms with Crippen LogP contribution >= 0.6 is 11.6 Å². The van der Waals surface area contributed by atoms with E-state index in [1.54, 1.807) is 24.3 Å². The van der Waals surface area contributed by atoms with Crippen molar-refractivity contribution in [2.24, 2.45) is 0 Å². The van der Waals surface area contributed by atoms with E-state index in [4.69, 9.17) is 16.9 Å². The van der Waals surface area contributed by atoms with Crippen molar-refractivity contribution in [3.63, 3.8) is 0 Å². The highest BCUT2D eigenvalue weighted by molar-refractivity contribution is 6.30. The summed E-state index contributed by atoms with van der Waals surface area (Å²) in [6.07, 6.45) is 0.00191. The minimum atomic E-state index is -0.551. The van der Waals surface area contributed by atoms with Gasteiger partial charge in [-0.1, -0.05) is 11.6 Å². The Labute approximate surface area is 118 Å². The number of fused-ring (bicyclic) bond motifs is 1. The molecule has 6 nitrogen and oxygen atoms in total. The van der Waals surface area contributed by atoms with Crippen LogP contribution in [0.5, 0.6) is 0 Å². The van der Waals surface area contributed by atoms with E-state index in [1.165, 1.54) is 0 Å². The lowest BCUT2D eigenvalue weighted by Gasteiger charge is -2.07. The summed E-state index contributed by atoms with van der Waals surface area (Å²) in [5.41, 5.74) is 0.209. The zero-order valence-corrected chi connectivity index (χ0v) is 10.8. The zero-order chi connectivity index (χ0) is 14.3. The molecule has 3 rings (SSSR count). The molecule has 1 aromatic carbocycles. The van der Waals surface area contributed by atoms with Crippen molar-refractivity contribution < 1.29 is 4.79 Å². The summed E-state index contributed by atoms with van der Waals surface area (Å²) in [5.74, 6) is -0.0293. The van der Waals surface area contributed by atoms with Gasteiger partial charge in [-0.2, -0.15) is 9.94 Å². The highest BCUT2D eigenvalue weighted by Gasteiger charge is 2.26. The molecule has 1 aromatic heterocycles. The first-order chi connectivity index (χ1) is 9.60. The normalized spacial score (nSPS) is 12.7. The third-order valence-corrected chi connectivity index (χ3v) is 3.22. The van der Waals surface area contributed by atoms with E-state index in [9.17, 15) is 9.59 Å². The molecular formula is C13H7ClN4O2. The van der Waals surface area contributed by atoms with Gasteiger partial charge in [-0.3, -0.25) is 9.59 Å². The van der Waals surface area contributed by atoms with Gasteiger partial charge >= 0.3 is 0 Å². The lowest BCUT2D eigenvalue weighted by atomic mass is 10.1. The van der Waals surface area contributed by atoms with Crippen LogP contribution in [0.3, 0.4) is 0 Å². The van der Waals surface area contributed by atoms with E-state index >= 15 is 0 Å². The molecule has 98 valence electrons. The van der Waals surface area contributed by atoms with Gasteiger partial charge < -0.3 is 5.32 Å². The van der Waals surface area contributed by atoms with Crippen LogP contribution in [0.15, 0.2) is 29.1 Å². The number of nitrogens with one attached hydrogen (secondary N) is 1. The maximum atomic E-state index is 12.3. The van der Waals surface area contributed by atoms with Crippen molar-refractivity contribution >= 4 is 23.3 Å². The molecule has 0 bridgehead atoms. The van der Waals surface area contributed by atoms with Gasteiger partial charge in [0.1, 0.15) is 11.6 Å². The van der Waals surface area contributed by atoms with Crippen molar-refractivity contribution in [3.05, 3.63) is 50.8 Å². The molecule has 1 aliphatic rings. The number of nitriles is 1. The molecular weight excluding hydrogens is 280 g/mol. The van der Waals surface area contributed by atoms with Gasteiger partial charge in [-0.05, 0) is 24.3 Å².